The molecule has 0 aromatic heterocycles. The van der Waals surface area contributed by atoms with Crippen molar-refractivity contribution < 1.29 is 19.2 Å². The smallest absolute Gasteiger partial charge is 0.251 e. The Morgan fingerprint density at radius 2 is 1.97 bits per heavy atom. The Morgan fingerprint density at radius 1 is 1.26 bits per heavy atom. The van der Waals surface area contributed by atoms with Crippen LogP contribution in [0, 0.1) is 0 Å². The molecule has 0 aliphatic carbocycles. The highest BCUT2D eigenvalue weighted by Gasteiger charge is 2.36. The number of carbonyl (C=O) groups is 4. The summed E-state index contributed by atoms with van der Waals surface area (Å²) in [4.78, 5) is 52.1. The molecule has 0 spiro atoms. The number of amides is 4. The predicted octanol–water partition coefficient (Wildman–Crippen LogP) is -0.287. The van der Waals surface area contributed by atoms with Crippen molar-refractivity contribution in [3.63, 3.8) is 0 Å². The first-order chi connectivity index (χ1) is 14.4. The molecular formula is C18H23ClN8O4. The molecule has 0 bridgehead atoms. The second-order valence-corrected chi connectivity index (χ2v) is 7.18. The highest BCUT2D eigenvalue weighted by molar-refractivity contribution is 5.95. The van der Waals surface area contributed by atoms with Crippen molar-refractivity contribution in [2.45, 2.75) is 31.0 Å². The van der Waals surface area contributed by atoms with Gasteiger partial charge in [0.25, 0.3) is 5.91 Å². The van der Waals surface area contributed by atoms with E-state index in [1.54, 1.807) is 12.1 Å². The monoisotopic (exact) mass is 450 g/mol. The first-order valence-electron chi connectivity index (χ1n) is 9.44. The minimum absolute atomic E-state index is 0. The summed E-state index contributed by atoms with van der Waals surface area (Å²) in [6.45, 7) is 0.611. The molecule has 3 unspecified atom stereocenters. The molecule has 1 aromatic rings. The van der Waals surface area contributed by atoms with Crippen LogP contribution in [0.4, 0.5) is 5.69 Å². The van der Waals surface area contributed by atoms with Gasteiger partial charge in [-0.2, -0.15) is 0 Å². The predicted molar refractivity (Wildman–Crippen MR) is 112 cm³/mol. The lowest BCUT2D eigenvalue weighted by atomic mass is 10.1. The summed E-state index contributed by atoms with van der Waals surface area (Å²) in [6, 6.07) is 4.71. The van der Waals surface area contributed by atoms with Gasteiger partial charge in [-0.3, -0.25) is 19.2 Å². The summed E-state index contributed by atoms with van der Waals surface area (Å²) >= 11 is 0. The SMILES string of the molecule is Cl.[N-]=[N+]=Nc1ccc(C(=O)NC2CNC(C(=O)NC3CCN(CC(N)=O)C3=O)C2)cc1. The van der Waals surface area contributed by atoms with Crippen LogP contribution >= 0.6 is 12.4 Å². The van der Waals surface area contributed by atoms with Crippen LogP contribution in [0.2, 0.25) is 0 Å². The number of halogens is 1. The topological polar surface area (TPSA) is 182 Å². The van der Waals surface area contributed by atoms with E-state index in [0.717, 1.165) is 0 Å². The van der Waals surface area contributed by atoms with Gasteiger partial charge in [0.1, 0.15) is 6.04 Å². The Bertz CT molecular complexity index is 902. The van der Waals surface area contributed by atoms with Crippen molar-refractivity contribution in [2.75, 3.05) is 19.6 Å². The van der Waals surface area contributed by atoms with Crippen molar-refractivity contribution in [1.29, 1.82) is 0 Å². The summed E-state index contributed by atoms with van der Waals surface area (Å²) in [5.41, 5.74) is 14.3. The molecule has 2 fully saturated rings. The summed E-state index contributed by atoms with van der Waals surface area (Å²) in [6.07, 6.45) is 0.789. The standard InChI is InChI=1S/C18H22N8O4.ClH/c19-15(27)9-26-6-5-13(18(26)30)23-17(29)14-7-12(8-21-14)22-16(28)10-1-3-11(4-2-10)24-25-20;/h1-4,12-14,21H,5-9H2,(H2,19,27)(H,22,28)(H,23,29);1H. The maximum absolute atomic E-state index is 12.5. The van der Waals surface area contributed by atoms with Crippen LogP contribution in [0.1, 0.15) is 23.2 Å². The molecular weight excluding hydrogens is 428 g/mol. The molecule has 13 heteroatoms. The number of hydrogen-bond acceptors (Lipinski definition) is 6. The number of nitrogens with one attached hydrogen (secondary N) is 3. The van der Waals surface area contributed by atoms with E-state index in [0.29, 0.717) is 37.2 Å². The van der Waals surface area contributed by atoms with Crippen molar-refractivity contribution in [1.82, 2.24) is 20.9 Å². The van der Waals surface area contributed by atoms with Crippen LogP contribution in [0.15, 0.2) is 29.4 Å². The number of hydrogen-bond donors (Lipinski definition) is 4. The third-order valence-corrected chi connectivity index (χ3v) is 5.03. The van der Waals surface area contributed by atoms with Gasteiger partial charge in [-0.25, -0.2) is 0 Å². The molecule has 0 saturated carbocycles. The average molecular weight is 451 g/mol. The molecule has 1 aromatic carbocycles. The van der Waals surface area contributed by atoms with Gasteiger partial charge in [-0.15, -0.1) is 12.4 Å². The fourth-order valence-corrected chi connectivity index (χ4v) is 3.54. The Kier molecular flexibility index (Phi) is 8.20. The van der Waals surface area contributed by atoms with E-state index in [1.807, 2.05) is 0 Å². The third kappa shape index (κ3) is 6.07. The van der Waals surface area contributed by atoms with Crippen LogP contribution in [0.5, 0.6) is 0 Å². The van der Waals surface area contributed by atoms with Crippen LogP contribution in [-0.4, -0.2) is 66.3 Å². The highest BCUT2D eigenvalue weighted by Crippen LogP contribution is 2.15. The zero-order valence-electron chi connectivity index (χ0n) is 16.5. The molecule has 2 saturated heterocycles. The molecule has 2 aliphatic heterocycles. The maximum atomic E-state index is 12.5. The molecule has 0 radical (unpaired) electrons. The first kappa shape index (κ1) is 23.9. The van der Waals surface area contributed by atoms with Gasteiger partial charge in [-0.05, 0) is 30.5 Å². The summed E-state index contributed by atoms with van der Waals surface area (Å²) in [5.74, 6) is -1.55. The number of primary amides is 1. The number of benzene rings is 1. The van der Waals surface area contributed by atoms with Crippen LogP contribution in [0.3, 0.4) is 0 Å². The molecule has 2 aliphatic rings. The van der Waals surface area contributed by atoms with Crippen LogP contribution < -0.4 is 21.7 Å². The molecule has 31 heavy (non-hydrogen) atoms. The van der Waals surface area contributed by atoms with E-state index in [1.165, 1.54) is 17.0 Å². The van der Waals surface area contributed by atoms with E-state index in [9.17, 15) is 19.2 Å². The Balaban J connectivity index is 0.00000341. The molecule has 166 valence electrons. The second-order valence-electron chi connectivity index (χ2n) is 7.18. The van der Waals surface area contributed by atoms with E-state index in [-0.39, 0.29) is 42.7 Å². The lowest BCUT2D eigenvalue weighted by Gasteiger charge is -2.17. The zero-order chi connectivity index (χ0) is 21.7. The summed E-state index contributed by atoms with van der Waals surface area (Å²) < 4.78 is 0. The van der Waals surface area contributed by atoms with Gasteiger partial charge in [0.2, 0.25) is 17.7 Å². The number of rotatable bonds is 7. The molecule has 2 heterocycles. The summed E-state index contributed by atoms with van der Waals surface area (Å²) in [5, 5.41) is 12.0. The van der Waals surface area contributed by atoms with Crippen molar-refractivity contribution in [2.24, 2.45) is 10.8 Å². The fourth-order valence-electron chi connectivity index (χ4n) is 3.54. The quantitative estimate of drug-likeness (QED) is 0.252. The lowest BCUT2D eigenvalue weighted by molar-refractivity contribution is -0.135. The lowest BCUT2D eigenvalue weighted by Crippen LogP contribution is -2.48. The first-order valence-corrected chi connectivity index (χ1v) is 9.44. The number of nitrogens with zero attached hydrogens (tertiary/aromatic N) is 4. The van der Waals surface area contributed by atoms with E-state index >= 15 is 0 Å². The van der Waals surface area contributed by atoms with Gasteiger partial charge in [-0.1, -0.05) is 17.2 Å². The van der Waals surface area contributed by atoms with Gasteiger partial charge in [0.05, 0.1) is 12.6 Å². The molecule has 3 atom stereocenters. The molecule has 4 amide bonds. The maximum Gasteiger partial charge on any atom is 0.251 e. The van der Waals surface area contributed by atoms with E-state index in [4.69, 9.17) is 11.3 Å². The van der Waals surface area contributed by atoms with Crippen molar-refractivity contribution >= 4 is 41.7 Å². The minimum Gasteiger partial charge on any atom is -0.368 e. The number of nitrogens with two attached hydrogens (primary N) is 1. The zero-order valence-corrected chi connectivity index (χ0v) is 17.3. The number of likely N-dealkylation sites (tertiary alicyclic amines) is 1. The number of carbonyl (C=O) groups excluding carboxylic acids is 4. The fraction of sp³-hybridized carbons (Fsp3) is 0.444. The van der Waals surface area contributed by atoms with Crippen LogP contribution in [-0.2, 0) is 14.4 Å². The normalized spacial score (nSPS) is 22.3. The number of azide groups is 1. The third-order valence-electron chi connectivity index (χ3n) is 5.03. The summed E-state index contributed by atoms with van der Waals surface area (Å²) in [7, 11) is 0. The van der Waals surface area contributed by atoms with E-state index < -0.39 is 18.0 Å². The second kappa shape index (κ2) is 10.6. The Labute approximate surface area is 183 Å². The molecule has 5 N–H and O–H groups in total. The van der Waals surface area contributed by atoms with Gasteiger partial charge < -0.3 is 26.6 Å². The molecule has 12 nitrogen and oxygen atoms in total. The Hall–Kier alpha value is -3.34. The molecule has 3 rings (SSSR count). The highest BCUT2D eigenvalue weighted by atomic mass is 35.5. The van der Waals surface area contributed by atoms with Gasteiger partial charge in [0, 0.05) is 35.3 Å². The van der Waals surface area contributed by atoms with Gasteiger partial charge in [0.15, 0.2) is 0 Å². The van der Waals surface area contributed by atoms with Crippen molar-refractivity contribution in [3.8, 4) is 0 Å². The largest absolute Gasteiger partial charge is 0.368 e. The van der Waals surface area contributed by atoms with Crippen molar-refractivity contribution in [3.05, 3.63) is 40.3 Å². The van der Waals surface area contributed by atoms with Crippen LogP contribution in [0.25, 0.3) is 10.4 Å². The minimum atomic E-state index is -0.679. The average Bonchev–Trinajstić information content (AvgIpc) is 3.30. The van der Waals surface area contributed by atoms with E-state index in [2.05, 4.69) is 26.0 Å². The Morgan fingerprint density at radius 3 is 2.61 bits per heavy atom. The van der Waals surface area contributed by atoms with Gasteiger partial charge >= 0.3 is 0 Å².